The van der Waals surface area contributed by atoms with Crippen molar-refractivity contribution in [3.05, 3.63) is 52.9 Å². The van der Waals surface area contributed by atoms with E-state index in [0.29, 0.717) is 16.3 Å². The van der Waals surface area contributed by atoms with Crippen molar-refractivity contribution in [2.75, 3.05) is 23.2 Å². The van der Waals surface area contributed by atoms with Crippen LogP contribution in [0.1, 0.15) is 4.88 Å². The minimum atomic E-state index is -3.81. The molecule has 3 heterocycles. The average molecular weight is 398 g/mol. The highest BCUT2D eigenvalue weighted by Crippen LogP contribution is 2.39. The summed E-state index contributed by atoms with van der Waals surface area (Å²) < 4.78 is 33.2. The summed E-state index contributed by atoms with van der Waals surface area (Å²) in [5.41, 5.74) is 7.69. The van der Waals surface area contributed by atoms with E-state index >= 15 is 0 Å². The Kier molecular flexibility index (Phi) is 4.22. The van der Waals surface area contributed by atoms with E-state index < -0.39 is 10.0 Å². The first-order chi connectivity index (χ1) is 13.0. The molecule has 0 bridgehead atoms. The molecule has 2 aromatic heterocycles. The van der Waals surface area contributed by atoms with Crippen molar-refractivity contribution >= 4 is 32.9 Å². The van der Waals surface area contributed by atoms with E-state index in [1.54, 1.807) is 18.2 Å². The van der Waals surface area contributed by atoms with E-state index in [1.807, 2.05) is 11.4 Å². The number of aromatic nitrogens is 1. The Balaban J connectivity index is 1.79. The number of nitrogen functional groups attached to an aromatic ring is 1. The zero-order valence-electron chi connectivity index (χ0n) is 14.0. The van der Waals surface area contributed by atoms with Crippen LogP contribution in [0.25, 0.3) is 11.1 Å². The van der Waals surface area contributed by atoms with Gasteiger partial charge in [-0.1, -0.05) is 6.07 Å². The highest BCUT2D eigenvalue weighted by Gasteiger charge is 2.30. The quantitative estimate of drug-likeness (QED) is 0.726. The highest BCUT2D eigenvalue weighted by atomic mass is 32.2. The monoisotopic (exact) mass is 398 g/mol. The van der Waals surface area contributed by atoms with Crippen LogP contribution in [-0.2, 0) is 10.0 Å². The molecular formula is C18H14N4O3S2. The van der Waals surface area contributed by atoms with Gasteiger partial charge in [0.05, 0.1) is 12.2 Å². The van der Waals surface area contributed by atoms with E-state index in [0.717, 1.165) is 11.1 Å². The van der Waals surface area contributed by atoms with Crippen LogP contribution in [0.15, 0.2) is 52.9 Å². The second-order valence-corrected chi connectivity index (χ2v) is 8.61. The first kappa shape index (κ1) is 17.3. The Morgan fingerprint density at radius 2 is 2.07 bits per heavy atom. The number of hydrogen-bond donors (Lipinski definition) is 1. The molecule has 0 saturated carbocycles. The molecule has 2 N–H and O–H groups in total. The second kappa shape index (κ2) is 6.57. The molecule has 0 fully saturated rings. The summed E-state index contributed by atoms with van der Waals surface area (Å²) in [6, 6.07) is 12.1. The number of pyridine rings is 1. The molecule has 3 aromatic rings. The molecule has 4 rings (SSSR count). The summed E-state index contributed by atoms with van der Waals surface area (Å²) in [7, 11) is -3.81. The number of thiophene rings is 1. The molecule has 1 aliphatic rings. The van der Waals surface area contributed by atoms with Gasteiger partial charge in [0.1, 0.15) is 34.0 Å². The van der Waals surface area contributed by atoms with Crippen molar-refractivity contribution in [2.24, 2.45) is 0 Å². The molecule has 9 heteroatoms. The minimum Gasteiger partial charge on any atom is -0.489 e. The Labute approximate surface area is 160 Å². The summed E-state index contributed by atoms with van der Waals surface area (Å²) in [6.45, 7) is 0.446. The van der Waals surface area contributed by atoms with Crippen LogP contribution in [0.3, 0.4) is 0 Å². The minimum absolute atomic E-state index is 0.0669. The van der Waals surface area contributed by atoms with E-state index in [-0.39, 0.29) is 23.9 Å². The summed E-state index contributed by atoms with van der Waals surface area (Å²) in [4.78, 5) is 4.55. The molecule has 27 heavy (non-hydrogen) atoms. The van der Waals surface area contributed by atoms with Crippen molar-refractivity contribution in [1.29, 1.82) is 5.26 Å². The van der Waals surface area contributed by atoms with Crippen molar-refractivity contribution in [3.8, 4) is 22.9 Å². The highest BCUT2D eigenvalue weighted by molar-refractivity contribution is 7.92. The maximum absolute atomic E-state index is 13.1. The lowest BCUT2D eigenvalue weighted by molar-refractivity contribution is 0.316. The van der Waals surface area contributed by atoms with Crippen LogP contribution >= 0.6 is 11.3 Å². The number of anilines is 2. The molecule has 0 aliphatic carbocycles. The standard InChI is InChI=1S/C18H14N4O3S2/c19-9-14-7-13(11-26-14)12-1-3-17-16(8-12)22(5-6-25-17)27(23,24)15-2-4-18(20)21-10-15/h1-4,7-8,10-11H,5-6H2,(H2,20,21). The van der Waals surface area contributed by atoms with Gasteiger partial charge in [0, 0.05) is 6.20 Å². The van der Waals surface area contributed by atoms with E-state index in [9.17, 15) is 8.42 Å². The van der Waals surface area contributed by atoms with Crippen LogP contribution < -0.4 is 14.8 Å². The molecule has 0 radical (unpaired) electrons. The smallest absolute Gasteiger partial charge is 0.266 e. The van der Waals surface area contributed by atoms with Gasteiger partial charge in [-0.25, -0.2) is 13.4 Å². The topological polar surface area (TPSA) is 109 Å². The Morgan fingerprint density at radius 3 is 2.78 bits per heavy atom. The lowest BCUT2D eigenvalue weighted by Crippen LogP contribution is -2.38. The zero-order valence-corrected chi connectivity index (χ0v) is 15.6. The van der Waals surface area contributed by atoms with Gasteiger partial charge < -0.3 is 10.5 Å². The van der Waals surface area contributed by atoms with Crippen molar-refractivity contribution in [3.63, 3.8) is 0 Å². The molecule has 0 unspecified atom stereocenters. The lowest BCUT2D eigenvalue weighted by atomic mass is 10.1. The van der Waals surface area contributed by atoms with Crippen LogP contribution in [0, 0.1) is 11.3 Å². The molecular weight excluding hydrogens is 384 g/mol. The van der Waals surface area contributed by atoms with Gasteiger partial charge in [-0.2, -0.15) is 5.26 Å². The van der Waals surface area contributed by atoms with E-state index in [4.69, 9.17) is 15.7 Å². The number of nitrogens with zero attached hydrogens (tertiary/aromatic N) is 3. The van der Waals surface area contributed by atoms with Gasteiger partial charge in [0.2, 0.25) is 0 Å². The summed E-state index contributed by atoms with van der Waals surface area (Å²) in [5, 5.41) is 10.9. The van der Waals surface area contributed by atoms with E-state index in [2.05, 4.69) is 11.1 Å². The first-order valence-corrected chi connectivity index (χ1v) is 10.3. The normalized spacial score (nSPS) is 13.5. The predicted octanol–water partition coefficient (Wildman–Crippen LogP) is 2.85. The van der Waals surface area contributed by atoms with Gasteiger partial charge in [0.25, 0.3) is 10.0 Å². The third-order valence-corrected chi connectivity index (χ3v) is 6.80. The molecule has 0 saturated heterocycles. The second-order valence-electron chi connectivity index (χ2n) is 5.84. The Bertz CT molecular complexity index is 1150. The number of rotatable bonds is 3. The first-order valence-electron chi connectivity index (χ1n) is 7.99. The maximum atomic E-state index is 13.1. The van der Waals surface area contributed by atoms with Gasteiger partial charge in [-0.3, -0.25) is 4.31 Å². The number of hydrogen-bond acceptors (Lipinski definition) is 7. The number of nitrogens with two attached hydrogens (primary N) is 1. The fourth-order valence-corrected chi connectivity index (χ4v) is 4.94. The largest absolute Gasteiger partial charge is 0.489 e. The zero-order chi connectivity index (χ0) is 19.0. The van der Waals surface area contributed by atoms with Crippen molar-refractivity contribution in [2.45, 2.75) is 4.90 Å². The molecule has 1 aliphatic heterocycles. The third kappa shape index (κ3) is 3.09. The number of fused-ring (bicyclic) bond motifs is 1. The van der Waals surface area contributed by atoms with Crippen molar-refractivity contribution in [1.82, 2.24) is 4.98 Å². The molecule has 0 spiro atoms. The van der Waals surface area contributed by atoms with Crippen LogP contribution in [-0.4, -0.2) is 26.6 Å². The molecule has 136 valence electrons. The summed E-state index contributed by atoms with van der Waals surface area (Å²) in [5.74, 6) is 0.747. The van der Waals surface area contributed by atoms with Gasteiger partial charge >= 0.3 is 0 Å². The van der Waals surface area contributed by atoms with Crippen molar-refractivity contribution < 1.29 is 13.2 Å². The predicted molar refractivity (Wildman–Crippen MR) is 103 cm³/mol. The molecule has 1 aromatic carbocycles. The fraction of sp³-hybridized carbons (Fsp3) is 0.111. The average Bonchev–Trinajstić information content (AvgIpc) is 3.16. The number of ether oxygens (including phenoxy) is 1. The lowest BCUT2D eigenvalue weighted by Gasteiger charge is -2.30. The maximum Gasteiger partial charge on any atom is 0.266 e. The number of benzene rings is 1. The summed E-state index contributed by atoms with van der Waals surface area (Å²) in [6.07, 6.45) is 1.25. The SMILES string of the molecule is N#Cc1cc(-c2ccc3c(c2)N(S(=O)(=O)c2ccc(N)nc2)CCO3)cs1. The molecule has 7 nitrogen and oxygen atoms in total. The van der Waals surface area contributed by atoms with Gasteiger partial charge in [0.15, 0.2) is 0 Å². The van der Waals surface area contributed by atoms with Crippen LogP contribution in [0.2, 0.25) is 0 Å². The van der Waals surface area contributed by atoms with Crippen LogP contribution in [0.5, 0.6) is 5.75 Å². The van der Waals surface area contributed by atoms with Crippen LogP contribution in [0.4, 0.5) is 11.5 Å². The van der Waals surface area contributed by atoms with Gasteiger partial charge in [-0.15, -0.1) is 11.3 Å². The number of sulfonamides is 1. The fourth-order valence-electron chi connectivity index (χ4n) is 2.84. The molecule has 0 atom stereocenters. The Morgan fingerprint density at radius 1 is 1.22 bits per heavy atom. The third-order valence-electron chi connectivity index (χ3n) is 4.17. The number of nitriles is 1. The van der Waals surface area contributed by atoms with E-state index in [1.165, 1.54) is 34.0 Å². The Hall–Kier alpha value is -3.09. The summed E-state index contributed by atoms with van der Waals surface area (Å²) >= 11 is 1.34. The van der Waals surface area contributed by atoms with Gasteiger partial charge in [-0.05, 0) is 46.8 Å². The molecule has 0 amide bonds.